The van der Waals surface area contributed by atoms with Crippen LogP contribution in [-0.2, 0) is 11.4 Å². The Labute approximate surface area is 210 Å². The number of anilines is 1. The molecule has 4 aromatic rings. The molecule has 0 unspecified atom stereocenters. The lowest BCUT2D eigenvalue weighted by atomic mass is 10.1. The van der Waals surface area contributed by atoms with Crippen molar-refractivity contribution in [2.45, 2.75) is 6.61 Å². The summed E-state index contributed by atoms with van der Waals surface area (Å²) in [6.07, 6.45) is 1.86. The maximum Gasteiger partial charge on any atom is 0.270 e. The van der Waals surface area contributed by atoms with Crippen molar-refractivity contribution in [3.8, 4) is 5.75 Å². The van der Waals surface area contributed by atoms with E-state index < -0.39 is 0 Å². The number of hydrogen-bond donors (Lipinski definition) is 0. The molecule has 0 N–H and O–H groups in total. The van der Waals surface area contributed by atoms with Crippen LogP contribution < -0.4 is 9.64 Å². The van der Waals surface area contributed by atoms with Crippen LogP contribution in [0.3, 0.4) is 0 Å². The third kappa shape index (κ3) is 4.60. The van der Waals surface area contributed by atoms with Crippen LogP contribution in [0.25, 0.3) is 16.8 Å². The number of halogens is 1. The average Bonchev–Trinajstić information content (AvgIpc) is 3.11. The molecular weight excluding hydrogens is 514 g/mol. The second-order valence-electron chi connectivity index (χ2n) is 7.46. The van der Waals surface area contributed by atoms with Gasteiger partial charge in [-0.3, -0.25) is 9.69 Å². The first-order valence-corrected chi connectivity index (χ1v) is 12.3. The molecule has 1 amide bonds. The molecule has 0 radical (unpaired) electrons. The number of fused-ring (bicyclic) bond motifs is 1. The summed E-state index contributed by atoms with van der Waals surface area (Å²) < 4.78 is 7.68. The van der Waals surface area contributed by atoms with Crippen LogP contribution >= 0.6 is 39.9 Å². The number of thiocarbonyl (C=S) groups is 1. The van der Waals surface area contributed by atoms with Gasteiger partial charge < -0.3 is 4.74 Å². The second kappa shape index (κ2) is 9.51. The van der Waals surface area contributed by atoms with Crippen LogP contribution in [0, 0.1) is 0 Å². The molecule has 162 valence electrons. The smallest absolute Gasteiger partial charge is 0.270 e. The number of nitrogens with zero attached hydrogens (tertiary/aromatic N) is 1. The monoisotopic (exact) mass is 531 g/mol. The third-order valence-corrected chi connectivity index (χ3v) is 7.18. The number of para-hydroxylation sites is 1. The van der Waals surface area contributed by atoms with Gasteiger partial charge in [0, 0.05) is 10.0 Å². The fourth-order valence-electron chi connectivity index (χ4n) is 3.73. The van der Waals surface area contributed by atoms with E-state index in [4.69, 9.17) is 17.0 Å². The number of thioether (sulfide) groups is 1. The Balaban J connectivity index is 1.40. The second-order valence-corrected chi connectivity index (χ2v) is 10.0. The quantitative estimate of drug-likeness (QED) is 0.196. The molecule has 0 spiro atoms. The topological polar surface area (TPSA) is 29.5 Å². The van der Waals surface area contributed by atoms with Gasteiger partial charge in [0.15, 0.2) is 4.32 Å². The van der Waals surface area contributed by atoms with Gasteiger partial charge in [0.2, 0.25) is 0 Å². The van der Waals surface area contributed by atoms with Crippen LogP contribution in [0.1, 0.15) is 11.1 Å². The predicted octanol–water partition coefficient (Wildman–Crippen LogP) is 7.59. The zero-order valence-electron chi connectivity index (χ0n) is 17.4. The van der Waals surface area contributed by atoms with Gasteiger partial charge in [0.1, 0.15) is 12.4 Å². The fourth-order valence-corrected chi connectivity index (χ4v) is 5.28. The Morgan fingerprint density at radius 1 is 0.909 bits per heavy atom. The normalized spacial score (nSPS) is 14.9. The van der Waals surface area contributed by atoms with Gasteiger partial charge in [0.25, 0.3) is 5.91 Å². The van der Waals surface area contributed by atoms with E-state index >= 15 is 0 Å². The van der Waals surface area contributed by atoms with Crippen molar-refractivity contribution in [3.63, 3.8) is 0 Å². The first-order chi connectivity index (χ1) is 16.1. The highest BCUT2D eigenvalue weighted by Crippen LogP contribution is 2.37. The molecule has 0 aromatic heterocycles. The van der Waals surface area contributed by atoms with Gasteiger partial charge in [-0.15, -0.1) is 0 Å². The lowest BCUT2D eigenvalue weighted by Gasteiger charge is -2.14. The molecule has 1 saturated heterocycles. The van der Waals surface area contributed by atoms with Gasteiger partial charge in [0.05, 0.1) is 10.6 Å². The summed E-state index contributed by atoms with van der Waals surface area (Å²) >= 11 is 10.2. The zero-order chi connectivity index (χ0) is 22.8. The molecule has 33 heavy (non-hydrogen) atoms. The van der Waals surface area contributed by atoms with E-state index in [0.29, 0.717) is 15.8 Å². The van der Waals surface area contributed by atoms with E-state index in [0.717, 1.165) is 27.0 Å². The van der Waals surface area contributed by atoms with Gasteiger partial charge in [-0.2, -0.15) is 0 Å². The Morgan fingerprint density at radius 3 is 2.48 bits per heavy atom. The SMILES string of the molecule is O=C1/C(=C/c2ccccc2OCc2cccc3ccccc23)SC(=S)N1c1ccc(Br)cc1. The van der Waals surface area contributed by atoms with E-state index in [1.54, 1.807) is 4.90 Å². The van der Waals surface area contributed by atoms with E-state index in [-0.39, 0.29) is 5.91 Å². The molecule has 0 atom stereocenters. The predicted molar refractivity (Wildman–Crippen MR) is 145 cm³/mol. The van der Waals surface area contributed by atoms with Crippen LogP contribution in [-0.4, -0.2) is 10.2 Å². The molecule has 0 aliphatic carbocycles. The number of amides is 1. The maximum absolute atomic E-state index is 13.1. The number of rotatable bonds is 5. The summed E-state index contributed by atoms with van der Waals surface area (Å²) in [5, 5.41) is 2.36. The first-order valence-electron chi connectivity index (χ1n) is 10.3. The lowest BCUT2D eigenvalue weighted by molar-refractivity contribution is -0.113. The van der Waals surface area contributed by atoms with Crippen molar-refractivity contribution < 1.29 is 9.53 Å². The largest absolute Gasteiger partial charge is 0.488 e. The molecule has 1 aliphatic heterocycles. The highest BCUT2D eigenvalue weighted by atomic mass is 79.9. The molecule has 5 rings (SSSR count). The van der Waals surface area contributed by atoms with Gasteiger partial charge in [-0.25, -0.2) is 0 Å². The Hall–Kier alpha value is -2.93. The molecule has 1 aliphatic rings. The van der Waals surface area contributed by atoms with Crippen molar-refractivity contribution in [3.05, 3.63) is 112 Å². The molecule has 6 heteroatoms. The van der Waals surface area contributed by atoms with Crippen LogP contribution in [0.2, 0.25) is 0 Å². The minimum absolute atomic E-state index is 0.129. The third-order valence-electron chi connectivity index (χ3n) is 5.35. The first kappa shape index (κ1) is 21.9. The number of carbonyl (C=O) groups is 1. The van der Waals surface area contributed by atoms with Crippen molar-refractivity contribution in [2.75, 3.05) is 4.90 Å². The average molecular weight is 532 g/mol. The van der Waals surface area contributed by atoms with Gasteiger partial charge in [-0.1, -0.05) is 101 Å². The van der Waals surface area contributed by atoms with E-state index in [2.05, 4.69) is 40.2 Å². The van der Waals surface area contributed by atoms with Crippen molar-refractivity contribution in [1.29, 1.82) is 0 Å². The summed E-state index contributed by atoms with van der Waals surface area (Å²) in [5.74, 6) is 0.593. The van der Waals surface area contributed by atoms with Gasteiger partial charge >= 0.3 is 0 Å². The minimum atomic E-state index is -0.129. The molecule has 4 aromatic carbocycles. The highest BCUT2D eigenvalue weighted by molar-refractivity contribution is 9.10. The van der Waals surface area contributed by atoms with Crippen molar-refractivity contribution in [2.24, 2.45) is 0 Å². The number of ether oxygens (including phenoxy) is 1. The lowest BCUT2D eigenvalue weighted by Crippen LogP contribution is -2.27. The zero-order valence-corrected chi connectivity index (χ0v) is 20.6. The van der Waals surface area contributed by atoms with Crippen LogP contribution in [0.15, 0.2) is 100 Å². The molecule has 3 nitrogen and oxygen atoms in total. The molecule has 1 fully saturated rings. The van der Waals surface area contributed by atoms with Crippen LogP contribution in [0.5, 0.6) is 5.75 Å². The molecule has 0 saturated carbocycles. The van der Waals surface area contributed by atoms with E-state index in [9.17, 15) is 4.79 Å². The molecule has 0 bridgehead atoms. The summed E-state index contributed by atoms with van der Waals surface area (Å²) in [7, 11) is 0. The Kier molecular flexibility index (Phi) is 6.31. The van der Waals surface area contributed by atoms with Crippen molar-refractivity contribution in [1.82, 2.24) is 0 Å². The summed E-state index contributed by atoms with van der Waals surface area (Å²) in [5.41, 5.74) is 2.71. The van der Waals surface area contributed by atoms with Crippen LogP contribution in [0.4, 0.5) is 5.69 Å². The summed E-state index contributed by atoms with van der Waals surface area (Å²) in [6.45, 7) is 0.437. The van der Waals surface area contributed by atoms with E-state index in [1.165, 1.54) is 22.5 Å². The molecule has 1 heterocycles. The number of benzene rings is 4. The Bertz CT molecular complexity index is 1390. The Morgan fingerprint density at radius 2 is 1.64 bits per heavy atom. The molecular formula is C27H18BrNO2S2. The maximum atomic E-state index is 13.1. The van der Waals surface area contributed by atoms with Crippen molar-refractivity contribution >= 4 is 72.7 Å². The fraction of sp³-hybridized carbons (Fsp3) is 0.0370. The minimum Gasteiger partial charge on any atom is -0.488 e. The standard InChI is InChI=1S/C27H18BrNO2S2/c28-21-12-14-22(15-13-21)29-26(30)25(33-27(29)32)16-19-7-2-4-11-24(19)31-17-20-9-5-8-18-6-1-3-10-23(18)20/h1-16H,17H2/b25-16-. The summed E-state index contributed by atoms with van der Waals surface area (Å²) in [4.78, 5) is 15.3. The van der Waals surface area contributed by atoms with Gasteiger partial charge in [-0.05, 0) is 52.7 Å². The number of carbonyl (C=O) groups excluding carboxylic acids is 1. The number of hydrogen-bond acceptors (Lipinski definition) is 4. The summed E-state index contributed by atoms with van der Waals surface area (Å²) in [6, 6.07) is 29.8. The highest BCUT2D eigenvalue weighted by Gasteiger charge is 2.33. The van der Waals surface area contributed by atoms with E-state index in [1.807, 2.05) is 72.8 Å².